The summed E-state index contributed by atoms with van der Waals surface area (Å²) in [7, 11) is 0. The first-order valence-electron chi connectivity index (χ1n) is 7.27. The van der Waals surface area contributed by atoms with Gasteiger partial charge in [-0.05, 0) is 13.8 Å². The van der Waals surface area contributed by atoms with Crippen molar-refractivity contribution in [3.8, 4) is 0 Å². The van der Waals surface area contributed by atoms with Gasteiger partial charge in [0.25, 0.3) is 0 Å². The highest BCUT2D eigenvalue weighted by Gasteiger charge is 2.39. The van der Waals surface area contributed by atoms with E-state index in [4.69, 9.17) is 9.47 Å². The Labute approximate surface area is 130 Å². The van der Waals surface area contributed by atoms with E-state index in [1.54, 1.807) is 12.1 Å². The fraction of sp³-hybridized carbons (Fsp3) is 0.211. The maximum Gasteiger partial charge on any atom is 0.227 e. The molecule has 3 nitrogen and oxygen atoms in total. The highest BCUT2D eigenvalue weighted by atomic mass is 16.7. The SMILES string of the molecule is CC1(C)OC(c2ccccc2)OC1=CC(=O)c1ccccc1. The second-order valence-corrected chi connectivity index (χ2v) is 5.73. The molecule has 1 atom stereocenters. The molecule has 0 bridgehead atoms. The average Bonchev–Trinajstić information content (AvgIpc) is 2.84. The Morgan fingerprint density at radius 1 is 1.00 bits per heavy atom. The molecule has 1 unspecified atom stereocenters. The fourth-order valence-corrected chi connectivity index (χ4v) is 2.37. The van der Waals surface area contributed by atoms with Gasteiger partial charge >= 0.3 is 0 Å². The van der Waals surface area contributed by atoms with Crippen molar-refractivity contribution in [3.63, 3.8) is 0 Å². The molecule has 0 radical (unpaired) electrons. The zero-order valence-corrected chi connectivity index (χ0v) is 12.7. The first-order chi connectivity index (χ1) is 10.6. The number of carbonyl (C=O) groups is 1. The Kier molecular flexibility index (Phi) is 3.82. The molecule has 112 valence electrons. The number of ketones is 1. The Morgan fingerprint density at radius 2 is 1.59 bits per heavy atom. The minimum absolute atomic E-state index is 0.0824. The second-order valence-electron chi connectivity index (χ2n) is 5.73. The largest absolute Gasteiger partial charge is 0.462 e. The monoisotopic (exact) mass is 294 g/mol. The van der Waals surface area contributed by atoms with E-state index in [0.29, 0.717) is 11.3 Å². The van der Waals surface area contributed by atoms with Crippen LogP contribution in [0.1, 0.15) is 36.1 Å². The molecule has 0 amide bonds. The molecule has 3 heteroatoms. The predicted octanol–water partition coefficient (Wildman–Crippen LogP) is 4.28. The average molecular weight is 294 g/mol. The van der Waals surface area contributed by atoms with Gasteiger partial charge in [-0.2, -0.15) is 0 Å². The lowest BCUT2D eigenvalue weighted by Crippen LogP contribution is -2.21. The van der Waals surface area contributed by atoms with Gasteiger partial charge < -0.3 is 9.47 Å². The molecular weight excluding hydrogens is 276 g/mol. The first-order valence-corrected chi connectivity index (χ1v) is 7.27. The predicted molar refractivity (Wildman–Crippen MR) is 84.3 cm³/mol. The highest BCUT2D eigenvalue weighted by molar-refractivity contribution is 6.04. The first kappa shape index (κ1) is 14.5. The van der Waals surface area contributed by atoms with Crippen LogP contribution in [0.15, 0.2) is 72.5 Å². The number of carbonyl (C=O) groups excluding carboxylic acids is 1. The molecule has 0 N–H and O–H groups in total. The number of rotatable bonds is 3. The van der Waals surface area contributed by atoms with Crippen molar-refractivity contribution >= 4 is 5.78 Å². The van der Waals surface area contributed by atoms with Crippen LogP contribution in [-0.4, -0.2) is 11.4 Å². The third-order valence-corrected chi connectivity index (χ3v) is 3.62. The fourth-order valence-electron chi connectivity index (χ4n) is 2.37. The molecule has 0 aliphatic carbocycles. The molecule has 1 aliphatic rings. The van der Waals surface area contributed by atoms with Gasteiger partial charge in [0, 0.05) is 17.2 Å². The van der Waals surface area contributed by atoms with E-state index in [-0.39, 0.29) is 5.78 Å². The van der Waals surface area contributed by atoms with Crippen molar-refractivity contribution in [2.24, 2.45) is 0 Å². The van der Waals surface area contributed by atoms with Gasteiger partial charge in [0.1, 0.15) is 11.4 Å². The summed E-state index contributed by atoms with van der Waals surface area (Å²) >= 11 is 0. The summed E-state index contributed by atoms with van der Waals surface area (Å²) in [5.74, 6) is 0.469. The molecule has 1 heterocycles. The van der Waals surface area contributed by atoms with E-state index in [1.165, 1.54) is 6.08 Å². The van der Waals surface area contributed by atoms with Crippen molar-refractivity contribution < 1.29 is 14.3 Å². The molecule has 2 aromatic carbocycles. The normalized spacial score (nSPS) is 21.5. The molecule has 22 heavy (non-hydrogen) atoms. The molecule has 0 aromatic heterocycles. The van der Waals surface area contributed by atoms with Gasteiger partial charge in [0.2, 0.25) is 6.29 Å². The standard InChI is InChI=1S/C19H18O3/c1-19(2)17(13-16(20)14-9-5-3-6-10-14)21-18(22-19)15-11-7-4-8-12-15/h3-13,18H,1-2H3. The van der Waals surface area contributed by atoms with Crippen LogP contribution in [0, 0.1) is 0 Å². The van der Waals surface area contributed by atoms with Crippen molar-refractivity contribution in [1.82, 2.24) is 0 Å². The van der Waals surface area contributed by atoms with E-state index in [1.807, 2.05) is 62.4 Å². The van der Waals surface area contributed by atoms with Gasteiger partial charge in [-0.25, -0.2) is 0 Å². The quantitative estimate of drug-likeness (QED) is 0.626. The topological polar surface area (TPSA) is 35.5 Å². The number of benzene rings is 2. The zero-order valence-electron chi connectivity index (χ0n) is 12.7. The van der Waals surface area contributed by atoms with Crippen LogP contribution in [0.2, 0.25) is 0 Å². The van der Waals surface area contributed by atoms with Crippen LogP contribution >= 0.6 is 0 Å². The lowest BCUT2D eigenvalue weighted by Gasteiger charge is -2.15. The summed E-state index contributed by atoms with van der Waals surface area (Å²) in [6, 6.07) is 18.9. The lowest BCUT2D eigenvalue weighted by atomic mass is 10.0. The Bertz CT molecular complexity index is 687. The van der Waals surface area contributed by atoms with Crippen molar-refractivity contribution in [2.75, 3.05) is 0 Å². The number of allylic oxidation sites excluding steroid dienone is 1. The van der Waals surface area contributed by atoms with Gasteiger partial charge in [-0.15, -0.1) is 0 Å². The van der Waals surface area contributed by atoms with Crippen LogP contribution in [0.3, 0.4) is 0 Å². The van der Waals surface area contributed by atoms with Crippen LogP contribution in [-0.2, 0) is 9.47 Å². The van der Waals surface area contributed by atoms with Crippen LogP contribution in [0.4, 0.5) is 0 Å². The summed E-state index contributed by atoms with van der Waals surface area (Å²) in [6.07, 6.45) is 1.05. The second kappa shape index (κ2) is 5.78. The Hall–Kier alpha value is -2.39. The summed E-state index contributed by atoms with van der Waals surface area (Å²) in [4.78, 5) is 12.3. The van der Waals surface area contributed by atoms with Crippen LogP contribution in [0.25, 0.3) is 0 Å². The minimum atomic E-state index is -0.634. The summed E-state index contributed by atoms with van der Waals surface area (Å²) in [5.41, 5.74) is 0.939. The van der Waals surface area contributed by atoms with E-state index in [2.05, 4.69) is 0 Å². The molecule has 1 saturated heterocycles. The smallest absolute Gasteiger partial charge is 0.227 e. The third-order valence-electron chi connectivity index (χ3n) is 3.62. The van der Waals surface area contributed by atoms with E-state index in [9.17, 15) is 4.79 Å². The van der Waals surface area contributed by atoms with E-state index >= 15 is 0 Å². The Morgan fingerprint density at radius 3 is 2.23 bits per heavy atom. The van der Waals surface area contributed by atoms with Crippen molar-refractivity contribution in [2.45, 2.75) is 25.7 Å². The van der Waals surface area contributed by atoms with Crippen LogP contribution in [0.5, 0.6) is 0 Å². The molecular formula is C19H18O3. The zero-order chi connectivity index (χ0) is 15.6. The number of hydrogen-bond acceptors (Lipinski definition) is 3. The van der Waals surface area contributed by atoms with Gasteiger partial charge in [0.05, 0.1) is 0 Å². The molecule has 0 saturated carbocycles. The molecule has 1 aliphatic heterocycles. The van der Waals surface area contributed by atoms with Gasteiger partial charge in [0.15, 0.2) is 5.78 Å². The van der Waals surface area contributed by atoms with Gasteiger partial charge in [-0.3, -0.25) is 4.79 Å². The van der Waals surface area contributed by atoms with Gasteiger partial charge in [-0.1, -0.05) is 60.7 Å². The number of ether oxygens (including phenoxy) is 2. The van der Waals surface area contributed by atoms with Crippen molar-refractivity contribution in [1.29, 1.82) is 0 Å². The summed E-state index contributed by atoms with van der Waals surface area (Å²) in [5, 5.41) is 0. The molecule has 2 aromatic rings. The highest BCUT2D eigenvalue weighted by Crippen LogP contribution is 2.40. The maximum atomic E-state index is 12.3. The molecule has 1 fully saturated rings. The van der Waals surface area contributed by atoms with E-state index in [0.717, 1.165) is 5.56 Å². The summed E-state index contributed by atoms with van der Waals surface area (Å²) < 4.78 is 11.8. The minimum Gasteiger partial charge on any atom is -0.462 e. The lowest BCUT2D eigenvalue weighted by molar-refractivity contribution is -0.0799. The van der Waals surface area contributed by atoms with E-state index < -0.39 is 11.9 Å². The molecule has 3 rings (SSSR count). The third kappa shape index (κ3) is 2.95. The maximum absolute atomic E-state index is 12.3. The Balaban J connectivity index is 1.85. The van der Waals surface area contributed by atoms with Crippen LogP contribution < -0.4 is 0 Å². The summed E-state index contributed by atoms with van der Waals surface area (Å²) in [6.45, 7) is 3.81. The van der Waals surface area contributed by atoms with Crippen molar-refractivity contribution in [3.05, 3.63) is 83.6 Å². The molecule has 0 spiro atoms. The number of hydrogen-bond donors (Lipinski definition) is 0.